The SMILES string of the molecule is CCCC(C)(CN)CN1CCC(c2ccccc2)C1. The van der Waals surface area contributed by atoms with Crippen molar-refractivity contribution in [3.05, 3.63) is 35.9 Å². The summed E-state index contributed by atoms with van der Waals surface area (Å²) in [7, 11) is 0. The van der Waals surface area contributed by atoms with E-state index in [1.165, 1.54) is 37.9 Å². The fourth-order valence-electron chi connectivity index (χ4n) is 3.36. The Morgan fingerprint density at radius 2 is 2.05 bits per heavy atom. The highest BCUT2D eigenvalue weighted by molar-refractivity contribution is 5.21. The highest BCUT2D eigenvalue weighted by Crippen LogP contribution is 2.31. The average molecular weight is 260 g/mol. The number of hydrogen-bond donors (Lipinski definition) is 1. The van der Waals surface area contributed by atoms with E-state index in [0.717, 1.165) is 13.1 Å². The molecule has 0 bridgehead atoms. The van der Waals surface area contributed by atoms with Crippen LogP contribution in [0.1, 0.15) is 44.6 Å². The molecule has 0 amide bonds. The van der Waals surface area contributed by atoms with Crippen LogP contribution in [0.4, 0.5) is 0 Å². The number of nitrogens with zero attached hydrogens (tertiary/aromatic N) is 1. The van der Waals surface area contributed by atoms with Crippen LogP contribution in [0.25, 0.3) is 0 Å². The molecular weight excluding hydrogens is 232 g/mol. The Labute approximate surface area is 118 Å². The van der Waals surface area contributed by atoms with Crippen molar-refractivity contribution < 1.29 is 0 Å². The van der Waals surface area contributed by atoms with Crippen molar-refractivity contribution in [2.45, 2.75) is 39.0 Å². The molecule has 0 spiro atoms. The molecule has 0 saturated carbocycles. The molecule has 1 heterocycles. The normalized spacial score (nSPS) is 23.4. The van der Waals surface area contributed by atoms with Crippen LogP contribution < -0.4 is 5.73 Å². The van der Waals surface area contributed by atoms with Gasteiger partial charge in [0.2, 0.25) is 0 Å². The zero-order valence-corrected chi connectivity index (χ0v) is 12.4. The highest BCUT2D eigenvalue weighted by Gasteiger charge is 2.30. The smallest absolute Gasteiger partial charge is 0.00510 e. The summed E-state index contributed by atoms with van der Waals surface area (Å²) in [6.07, 6.45) is 3.75. The minimum atomic E-state index is 0.292. The molecule has 1 saturated heterocycles. The van der Waals surface area contributed by atoms with Gasteiger partial charge in [0.1, 0.15) is 0 Å². The molecule has 1 aliphatic rings. The minimum Gasteiger partial charge on any atom is -0.330 e. The molecule has 1 fully saturated rings. The van der Waals surface area contributed by atoms with Gasteiger partial charge in [0.25, 0.3) is 0 Å². The Morgan fingerprint density at radius 3 is 2.68 bits per heavy atom. The molecule has 106 valence electrons. The van der Waals surface area contributed by atoms with E-state index in [1.807, 2.05) is 0 Å². The van der Waals surface area contributed by atoms with Gasteiger partial charge in [-0.3, -0.25) is 0 Å². The molecule has 0 radical (unpaired) electrons. The second kappa shape index (κ2) is 6.53. The second-order valence-corrected chi connectivity index (χ2v) is 6.40. The van der Waals surface area contributed by atoms with Crippen LogP contribution in [0.5, 0.6) is 0 Å². The van der Waals surface area contributed by atoms with Crippen LogP contribution in [0, 0.1) is 5.41 Å². The monoisotopic (exact) mass is 260 g/mol. The van der Waals surface area contributed by atoms with Crippen LogP contribution in [-0.2, 0) is 0 Å². The standard InChI is InChI=1S/C17H28N2/c1-3-10-17(2,13-18)14-19-11-9-16(12-19)15-7-5-4-6-8-15/h4-8,16H,3,9-14,18H2,1-2H3. The van der Waals surface area contributed by atoms with Crippen molar-refractivity contribution in [2.24, 2.45) is 11.1 Å². The second-order valence-electron chi connectivity index (χ2n) is 6.40. The van der Waals surface area contributed by atoms with Crippen LogP contribution in [0.3, 0.4) is 0 Å². The van der Waals surface area contributed by atoms with Gasteiger partial charge in [-0.25, -0.2) is 0 Å². The molecule has 19 heavy (non-hydrogen) atoms. The van der Waals surface area contributed by atoms with Gasteiger partial charge in [0, 0.05) is 13.1 Å². The fraction of sp³-hybridized carbons (Fsp3) is 0.647. The molecule has 1 aromatic carbocycles. The maximum atomic E-state index is 5.99. The molecule has 0 aliphatic carbocycles. The summed E-state index contributed by atoms with van der Waals surface area (Å²) in [5.74, 6) is 0.713. The molecule has 2 nitrogen and oxygen atoms in total. The molecule has 2 unspecified atom stereocenters. The molecule has 2 rings (SSSR count). The topological polar surface area (TPSA) is 29.3 Å². The van der Waals surface area contributed by atoms with Crippen molar-refractivity contribution in [3.8, 4) is 0 Å². The number of rotatable bonds is 6. The van der Waals surface area contributed by atoms with Gasteiger partial charge in [0.05, 0.1) is 0 Å². The lowest BCUT2D eigenvalue weighted by Crippen LogP contribution is -2.39. The third-order valence-electron chi connectivity index (χ3n) is 4.50. The first-order valence-electron chi connectivity index (χ1n) is 7.64. The van der Waals surface area contributed by atoms with Gasteiger partial charge in [0.15, 0.2) is 0 Å². The van der Waals surface area contributed by atoms with Crippen LogP contribution in [-0.4, -0.2) is 31.1 Å². The van der Waals surface area contributed by atoms with Gasteiger partial charge in [-0.05, 0) is 42.8 Å². The lowest BCUT2D eigenvalue weighted by molar-refractivity contribution is 0.183. The summed E-state index contributed by atoms with van der Waals surface area (Å²) in [5, 5.41) is 0. The molecular formula is C17H28N2. The van der Waals surface area contributed by atoms with Crippen molar-refractivity contribution in [2.75, 3.05) is 26.2 Å². The summed E-state index contributed by atoms with van der Waals surface area (Å²) >= 11 is 0. The Balaban J connectivity index is 1.92. The predicted molar refractivity (Wildman–Crippen MR) is 82.3 cm³/mol. The maximum Gasteiger partial charge on any atom is 0.00510 e. The van der Waals surface area contributed by atoms with E-state index in [0.29, 0.717) is 11.3 Å². The first-order chi connectivity index (χ1) is 9.17. The van der Waals surface area contributed by atoms with Crippen LogP contribution in [0.15, 0.2) is 30.3 Å². The van der Waals surface area contributed by atoms with Crippen molar-refractivity contribution in [1.82, 2.24) is 4.90 Å². The van der Waals surface area contributed by atoms with Gasteiger partial charge in [-0.2, -0.15) is 0 Å². The zero-order valence-electron chi connectivity index (χ0n) is 12.4. The van der Waals surface area contributed by atoms with E-state index < -0.39 is 0 Å². The van der Waals surface area contributed by atoms with E-state index in [9.17, 15) is 0 Å². The quantitative estimate of drug-likeness (QED) is 0.851. The lowest BCUT2D eigenvalue weighted by atomic mass is 9.85. The number of hydrogen-bond acceptors (Lipinski definition) is 2. The van der Waals surface area contributed by atoms with E-state index in [2.05, 4.69) is 49.1 Å². The highest BCUT2D eigenvalue weighted by atomic mass is 15.2. The Hall–Kier alpha value is -0.860. The first kappa shape index (κ1) is 14.5. The molecule has 1 aromatic rings. The van der Waals surface area contributed by atoms with Gasteiger partial charge < -0.3 is 10.6 Å². The molecule has 2 N–H and O–H groups in total. The fourth-order valence-corrected chi connectivity index (χ4v) is 3.36. The van der Waals surface area contributed by atoms with Crippen LogP contribution in [0.2, 0.25) is 0 Å². The van der Waals surface area contributed by atoms with E-state index in [1.54, 1.807) is 0 Å². The minimum absolute atomic E-state index is 0.292. The maximum absolute atomic E-state index is 5.99. The predicted octanol–water partition coefficient (Wildman–Crippen LogP) is 3.24. The van der Waals surface area contributed by atoms with Gasteiger partial charge in [-0.15, -0.1) is 0 Å². The van der Waals surface area contributed by atoms with Crippen molar-refractivity contribution in [1.29, 1.82) is 0 Å². The van der Waals surface area contributed by atoms with E-state index in [4.69, 9.17) is 5.73 Å². The third-order valence-corrected chi connectivity index (χ3v) is 4.50. The zero-order chi connectivity index (χ0) is 13.7. The molecule has 2 heteroatoms. The summed E-state index contributed by atoms with van der Waals surface area (Å²) < 4.78 is 0. The number of likely N-dealkylation sites (tertiary alicyclic amines) is 1. The summed E-state index contributed by atoms with van der Waals surface area (Å²) in [5.41, 5.74) is 7.78. The summed E-state index contributed by atoms with van der Waals surface area (Å²) in [6.45, 7) is 8.97. The Bertz CT molecular complexity index is 376. The summed E-state index contributed by atoms with van der Waals surface area (Å²) in [4.78, 5) is 2.61. The Morgan fingerprint density at radius 1 is 1.32 bits per heavy atom. The Kier molecular flexibility index (Phi) is 5.00. The largest absolute Gasteiger partial charge is 0.330 e. The summed E-state index contributed by atoms with van der Waals surface area (Å²) in [6, 6.07) is 10.9. The van der Waals surface area contributed by atoms with E-state index in [-0.39, 0.29) is 0 Å². The third kappa shape index (κ3) is 3.80. The van der Waals surface area contributed by atoms with Gasteiger partial charge in [-0.1, -0.05) is 50.6 Å². The van der Waals surface area contributed by atoms with Crippen molar-refractivity contribution in [3.63, 3.8) is 0 Å². The van der Waals surface area contributed by atoms with Crippen molar-refractivity contribution >= 4 is 0 Å². The number of benzene rings is 1. The first-order valence-corrected chi connectivity index (χ1v) is 7.64. The average Bonchev–Trinajstić information content (AvgIpc) is 2.88. The molecule has 1 aliphatic heterocycles. The molecule has 2 atom stereocenters. The van der Waals surface area contributed by atoms with Crippen LogP contribution >= 0.6 is 0 Å². The molecule has 0 aromatic heterocycles. The number of nitrogens with two attached hydrogens (primary N) is 1. The van der Waals surface area contributed by atoms with E-state index >= 15 is 0 Å². The van der Waals surface area contributed by atoms with Gasteiger partial charge >= 0.3 is 0 Å². The lowest BCUT2D eigenvalue weighted by Gasteiger charge is -2.32.